The van der Waals surface area contributed by atoms with Crippen LogP contribution in [0.4, 0.5) is 5.69 Å². The van der Waals surface area contributed by atoms with E-state index in [1.807, 2.05) is 13.0 Å². The van der Waals surface area contributed by atoms with Gasteiger partial charge in [0.15, 0.2) is 5.96 Å². The Hall–Kier alpha value is -3.16. The smallest absolute Gasteiger partial charge is 0.294 e. The molecule has 0 saturated carbocycles. The van der Waals surface area contributed by atoms with Crippen LogP contribution in [0, 0.1) is 6.92 Å². The molecule has 0 saturated heterocycles. The number of carbonyl (C=O) groups excluding carboxylic acids is 2. The molecule has 1 aliphatic rings. The number of nitrogens with zero attached hydrogens (tertiary/aromatic N) is 2. The van der Waals surface area contributed by atoms with Crippen molar-refractivity contribution in [2.24, 2.45) is 10.7 Å². The van der Waals surface area contributed by atoms with Crippen molar-refractivity contribution >= 4 is 23.5 Å². The summed E-state index contributed by atoms with van der Waals surface area (Å²) >= 11 is 0. The van der Waals surface area contributed by atoms with Crippen LogP contribution in [-0.4, -0.2) is 22.9 Å². The lowest BCUT2D eigenvalue weighted by atomic mass is 9.87. The van der Waals surface area contributed by atoms with Gasteiger partial charge in [0.1, 0.15) is 0 Å². The predicted molar refractivity (Wildman–Crippen MR) is 87.4 cm³/mol. The zero-order valence-corrected chi connectivity index (χ0v) is 13.3. The molecule has 0 radical (unpaired) electrons. The minimum Gasteiger partial charge on any atom is -0.370 e. The predicted octanol–water partition coefficient (Wildman–Crippen LogP) is 1.29. The largest absolute Gasteiger partial charge is 0.370 e. The maximum absolute atomic E-state index is 12.1. The van der Waals surface area contributed by atoms with Gasteiger partial charge in [0, 0.05) is 11.8 Å². The van der Waals surface area contributed by atoms with Gasteiger partial charge in [-0.25, -0.2) is 4.99 Å². The van der Waals surface area contributed by atoms with E-state index in [-0.39, 0.29) is 24.0 Å². The van der Waals surface area contributed by atoms with Crippen molar-refractivity contribution in [2.75, 3.05) is 5.32 Å². The first-order valence-corrected chi connectivity index (χ1v) is 7.36. The Morgan fingerprint density at radius 1 is 1.42 bits per heavy atom. The molecule has 1 aromatic heterocycles. The molecule has 0 aliphatic carbocycles. The highest BCUT2D eigenvalue weighted by atomic mass is 16.5. The Labute approximate surface area is 138 Å². The van der Waals surface area contributed by atoms with Gasteiger partial charge in [-0.05, 0) is 31.5 Å². The van der Waals surface area contributed by atoms with Crippen molar-refractivity contribution in [2.45, 2.75) is 25.8 Å². The van der Waals surface area contributed by atoms with Crippen LogP contribution in [0.2, 0.25) is 0 Å². The lowest BCUT2D eigenvalue weighted by molar-refractivity contribution is -0.121. The Balaban J connectivity index is 1.85. The topological polar surface area (TPSA) is 123 Å². The number of aliphatic imine (C=N–C) groups is 1. The Morgan fingerprint density at radius 2 is 2.21 bits per heavy atom. The number of hydrogen-bond donors (Lipinski definition) is 3. The molecular formula is C16H17N5O3. The maximum Gasteiger partial charge on any atom is 0.294 e. The second-order valence-electron chi connectivity index (χ2n) is 5.86. The summed E-state index contributed by atoms with van der Waals surface area (Å²) in [6, 6.07) is 8.67. The molecule has 1 atom stereocenters. The molecule has 8 heteroatoms. The number of hydrogen-bond acceptors (Lipinski definition) is 6. The summed E-state index contributed by atoms with van der Waals surface area (Å²) in [7, 11) is 0. The number of guanidine groups is 1. The van der Waals surface area contributed by atoms with Gasteiger partial charge in [-0.1, -0.05) is 17.3 Å². The number of benzene rings is 1. The summed E-state index contributed by atoms with van der Waals surface area (Å²) in [5.74, 6) is -0.386. The van der Waals surface area contributed by atoms with Crippen molar-refractivity contribution < 1.29 is 14.1 Å². The molecule has 8 nitrogen and oxygen atoms in total. The van der Waals surface area contributed by atoms with E-state index in [1.165, 1.54) is 0 Å². The third kappa shape index (κ3) is 3.12. The van der Waals surface area contributed by atoms with E-state index >= 15 is 0 Å². The fourth-order valence-electron chi connectivity index (χ4n) is 2.59. The molecule has 2 amide bonds. The number of rotatable bonds is 3. The molecule has 1 aliphatic heterocycles. The molecule has 124 valence electrons. The van der Waals surface area contributed by atoms with Gasteiger partial charge in [-0.15, -0.1) is 0 Å². The van der Waals surface area contributed by atoms with Crippen LogP contribution >= 0.6 is 0 Å². The highest BCUT2D eigenvalue weighted by Crippen LogP contribution is 2.32. The van der Waals surface area contributed by atoms with Crippen molar-refractivity contribution in [3.63, 3.8) is 0 Å². The number of aromatic nitrogens is 1. The summed E-state index contributed by atoms with van der Waals surface area (Å²) in [6.45, 7) is 3.55. The first kappa shape index (κ1) is 15.7. The Bertz CT molecular complexity index is 842. The van der Waals surface area contributed by atoms with E-state index in [1.54, 1.807) is 31.2 Å². The van der Waals surface area contributed by atoms with Crippen LogP contribution < -0.4 is 16.4 Å². The fourth-order valence-corrected chi connectivity index (χ4v) is 2.59. The summed E-state index contributed by atoms with van der Waals surface area (Å²) in [6.07, 6.45) is 0.173. The average molecular weight is 327 g/mol. The number of aryl methyl sites for hydroxylation is 1. The van der Waals surface area contributed by atoms with Gasteiger partial charge in [0.25, 0.3) is 5.91 Å². The maximum atomic E-state index is 12.1. The van der Waals surface area contributed by atoms with Gasteiger partial charge in [0.2, 0.25) is 11.7 Å². The summed E-state index contributed by atoms with van der Waals surface area (Å²) < 4.78 is 4.94. The van der Waals surface area contributed by atoms with Crippen LogP contribution in [0.5, 0.6) is 0 Å². The molecule has 4 N–H and O–H groups in total. The highest BCUT2D eigenvalue weighted by molar-refractivity contribution is 6.02. The summed E-state index contributed by atoms with van der Waals surface area (Å²) in [5, 5.41) is 8.90. The first-order valence-electron chi connectivity index (χ1n) is 7.36. The molecule has 0 spiro atoms. The zero-order valence-electron chi connectivity index (χ0n) is 13.3. The SMILES string of the molecule is Cc1cc(C(=O)Nc2cccc(C3(C)CC(=O)NC(N)=N3)c2)on1. The number of nitrogens with two attached hydrogens (primary N) is 1. The van der Waals surface area contributed by atoms with Gasteiger partial charge in [0.05, 0.1) is 17.7 Å². The molecule has 1 unspecified atom stereocenters. The normalized spacial score (nSPS) is 20.2. The molecule has 24 heavy (non-hydrogen) atoms. The van der Waals surface area contributed by atoms with Crippen molar-refractivity contribution in [3.8, 4) is 0 Å². The van der Waals surface area contributed by atoms with Gasteiger partial charge < -0.3 is 15.6 Å². The minimum atomic E-state index is -0.782. The summed E-state index contributed by atoms with van der Waals surface area (Å²) in [4.78, 5) is 28.2. The number of amides is 2. The number of nitrogens with one attached hydrogen (secondary N) is 2. The first-order chi connectivity index (χ1) is 11.4. The molecular weight excluding hydrogens is 310 g/mol. The van der Waals surface area contributed by atoms with E-state index in [0.717, 1.165) is 5.56 Å². The van der Waals surface area contributed by atoms with E-state index < -0.39 is 11.4 Å². The van der Waals surface area contributed by atoms with E-state index in [4.69, 9.17) is 10.3 Å². The molecule has 2 heterocycles. The highest BCUT2D eigenvalue weighted by Gasteiger charge is 2.33. The fraction of sp³-hybridized carbons (Fsp3) is 0.250. The average Bonchev–Trinajstić information content (AvgIpc) is 2.93. The van der Waals surface area contributed by atoms with Crippen molar-refractivity contribution in [1.29, 1.82) is 0 Å². The number of carbonyl (C=O) groups is 2. The van der Waals surface area contributed by atoms with Crippen LogP contribution in [0.15, 0.2) is 39.8 Å². The van der Waals surface area contributed by atoms with Crippen molar-refractivity contribution in [3.05, 3.63) is 47.3 Å². The van der Waals surface area contributed by atoms with Gasteiger partial charge >= 0.3 is 0 Å². The molecule has 0 bridgehead atoms. The molecule has 0 fully saturated rings. The van der Waals surface area contributed by atoms with Crippen molar-refractivity contribution in [1.82, 2.24) is 10.5 Å². The van der Waals surface area contributed by atoms with E-state index in [9.17, 15) is 9.59 Å². The van der Waals surface area contributed by atoms with Gasteiger partial charge in [-0.2, -0.15) is 0 Å². The monoisotopic (exact) mass is 327 g/mol. The second-order valence-corrected chi connectivity index (χ2v) is 5.86. The van der Waals surface area contributed by atoms with Crippen LogP contribution in [0.25, 0.3) is 0 Å². The quantitative estimate of drug-likeness (QED) is 0.784. The van der Waals surface area contributed by atoms with Crippen LogP contribution in [0.3, 0.4) is 0 Å². The molecule has 3 rings (SSSR count). The molecule has 1 aromatic carbocycles. The van der Waals surface area contributed by atoms with Crippen LogP contribution in [0.1, 0.15) is 35.2 Å². The third-order valence-electron chi connectivity index (χ3n) is 3.73. The van der Waals surface area contributed by atoms with Crippen LogP contribution in [-0.2, 0) is 10.3 Å². The molecule has 2 aromatic rings. The standard InChI is InChI=1S/C16H17N5O3/c1-9-6-12(24-21-9)14(23)18-11-5-3-4-10(7-11)16(2)8-13(22)19-15(17)20-16/h3-7H,8H2,1-2H3,(H,18,23)(H3,17,19,20,22). The van der Waals surface area contributed by atoms with Gasteiger partial charge in [-0.3, -0.25) is 14.9 Å². The second kappa shape index (κ2) is 5.80. The lowest BCUT2D eigenvalue weighted by Gasteiger charge is -2.29. The third-order valence-corrected chi connectivity index (χ3v) is 3.73. The minimum absolute atomic E-state index is 0.0836. The van der Waals surface area contributed by atoms with E-state index in [2.05, 4.69) is 20.8 Å². The Kier molecular flexibility index (Phi) is 3.80. The zero-order chi connectivity index (χ0) is 17.3. The van der Waals surface area contributed by atoms with E-state index in [0.29, 0.717) is 11.4 Å². The summed E-state index contributed by atoms with van der Waals surface area (Å²) in [5.41, 5.74) is 6.84. The Morgan fingerprint density at radius 3 is 2.88 bits per heavy atom. The number of anilines is 1. The lowest BCUT2D eigenvalue weighted by Crippen LogP contribution is -2.46.